The fraction of sp³-hybridized carbons (Fsp3) is 0.692. The second kappa shape index (κ2) is 9.01. The fourth-order valence-corrected chi connectivity index (χ4v) is 1.15. The van der Waals surface area contributed by atoms with E-state index in [1.54, 1.807) is 0 Å². The fourth-order valence-electron chi connectivity index (χ4n) is 1.15. The van der Waals surface area contributed by atoms with E-state index in [0.29, 0.717) is 5.92 Å². The van der Waals surface area contributed by atoms with Crippen molar-refractivity contribution >= 4 is 0 Å². The summed E-state index contributed by atoms with van der Waals surface area (Å²) in [6.07, 6.45) is 7.70. The van der Waals surface area contributed by atoms with Crippen LogP contribution in [0.1, 0.15) is 40.0 Å². The van der Waals surface area contributed by atoms with Crippen molar-refractivity contribution in [2.45, 2.75) is 40.0 Å². The highest BCUT2D eigenvalue weighted by Gasteiger charge is 1.94. The van der Waals surface area contributed by atoms with E-state index in [1.165, 1.54) is 12.0 Å². The second-order valence-electron chi connectivity index (χ2n) is 3.89. The molecule has 0 saturated heterocycles. The molecule has 0 heterocycles. The van der Waals surface area contributed by atoms with Crippen molar-refractivity contribution in [1.82, 2.24) is 0 Å². The number of allylic oxidation sites excluding steroid dienone is 2. The maximum Gasteiger partial charge on any atom is 0.0674 e. The maximum atomic E-state index is 5.44. The van der Waals surface area contributed by atoms with Gasteiger partial charge in [0.1, 0.15) is 0 Å². The zero-order valence-corrected chi connectivity index (χ0v) is 9.88. The van der Waals surface area contributed by atoms with Crippen LogP contribution in [-0.2, 0) is 4.74 Å². The molecule has 0 saturated carbocycles. The van der Waals surface area contributed by atoms with Gasteiger partial charge in [-0.3, -0.25) is 0 Å². The van der Waals surface area contributed by atoms with Crippen molar-refractivity contribution < 1.29 is 4.74 Å². The zero-order valence-electron chi connectivity index (χ0n) is 9.88. The van der Waals surface area contributed by atoms with Gasteiger partial charge in [0.05, 0.1) is 6.61 Å². The number of hydrogen-bond donors (Lipinski definition) is 0. The van der Waals surface area contributed by atoms with Gasteiger partial charge in [0.15, 0.2) is 0 Å². The molecule has 1 nitrogen and oxygen atoms in total. The molecule has 1 heteroatoms. The van der Waals surface area contributed by atoms with E-state index in [9.17, 15) is 0 Å². The van der Waals surface area contributed by atoms with Crippen LogP contribution in [0.15, 0.2) is 24.3 Å². The third-order valence-corrected chi connectivity index (χ3v) is 2.20. The van der Waals surface area contributed by atoms with Crippen molar-refractivity contribution in [2.75, 3.05) is 13.2 Å². The molecule has 82 valence electrons. The molecule has 1 unspecified atom stereocenters. The van der Waals surface area contributed by atoms with Crippen molar-refractivity contribution in [2.24, 2.45) is 5.92 Å². The van der Waals surface area contributed by atoms with Crippen LogP contribution in [0.25, 0.3) is 0 Å². The first kappa shape index (κ1) is 13.4. The zero-order chi connectivity index (χ0) is 10.8. The van der Waals surface area contributed by atoms with Gasteiger partial charge in [-0.15, -0.1) is 6.58 Å². The summed E-state index contributed by atoms with van der Waals surface area (Å²) >= 11 is 0. The summed E-state index contributed by atoms with van der Waals surface area (Å²) in [4.78, 5) is 0. The van der Waals surface area contributed by atoms with Crippen molar-refractivity contribution in [3.05, 3.63) is 24.3 Å². The summed E-state index contributed by atoms with van der Waals surface area (Å²) < 4.78 is 5.44. The number of hydrogen-bond acceptors (Lipinski definition) is 1. The molecule has 0 aliphatic heterocycles. The molecule has 0 aromatic rings. The van der Waals surface area contributed by atoms with E-state index in [0.717, 1.165) is 26.1 Å². The Morgan fingerprint density at radius 3 is 2.79 bits per heavy atom. The van der Waals surface area contributed by atoms with Gasteiger partial charge < -0.3 is 4.74 Å². The Kier molecular flexibility index (Phi) is 8.65. The van der Waals surface area contributed by atoms with Gasteiger partial charge in [0, 0.05) is 6.61 Å². The Morgan fingerprint density at radius 1 is 1.50 bits per heavy atom. The first-order valence-electron chi connectivity index (χ1n) is 5.56. The van der Waals surface area contributed by atoms with Crippen LogP contribution in [0.5, 0.6) is 0 Å². The van der Waals surface area contributed by atoms with Gasteiger partial charge in [0.25, 0.3) is 0 Å². The molecule has 0 aromatic heterocycles. The Hall–Kier alpha value is -0.560. The normalized spacial score (nSPS) is 14.1. The van der Waals surface area contributed by atoms with E-state index in [4.69, 9.17) is 4.74 Å². The predicted octanol–water partition coefficient (Wildman–Crippen LogP) is 3.96. The molecule has 0 radical (unpaired) electrons. The van der Waals surface area contributed by atoms with Crippen molar-refractivity contribution in [1.29, 1.82) is 0 Å². The monoisotopic (exact) mass is 196 g/mol. The molecule has 0 aromatic carbocycles. The van der Waals surface area contributed by atoms with Crippen LogP contribution < -0.4 is 0 Å². The predicted molar refractivity (Wildman–Crippen MR) is 63.5 cm³/mol. The average Bonchev–Trinajstić information content (AvgIpc) is 2.18. The quantitative estimate of drug-likeness (QED) is 0.422. The lowest BCUT2D eigenvalue weighted by Crippen LogP contribution is -1.97. The maximum absolute atomic E-state index is 5.44. The van der Waals surface area contributed by atoms with E-state index in [2.05, 4.69) is 33.4 Å². The van der Waals surface area contributed by atoms with Gasteiger partial charge in [0.2, 0.25) is 0 Å². The summed E-state index contributed by atoms with van der Waals surface area (Å²) in [5, 5.41) is 0. The van der Waals surface area contributed by atoms with Crippen LogP contribution in [0.2, 0.25) is 0 Å². The lowest BCUT2D eigenvalue weighted by molar-refractivity contribution is 0.156. The molecule has 0 bridgehead atoms. The van der Waals surface area contributed by atoms with Gasteiger partial charge in [-0.1, -0.05) is 31.6 Å². The third kappa shape index (κ3) is 8.06. The highest BCUT2D eigenvalue weighted by molar-refractivity contribution is 4.98. The smallest absolute Gasteiger partial charge is 0.0674 e. The first-order chi connectivity index (χ1) is 6.70. The molecule has 14 heavy (non-hydrogen) atoms. The topological polar surface area (TPSA) is 9.23 Å². The minimum atomic E-state index is 0.621. The highest BCUT2D eigenvalue weighted by Crippen LogP contribution is 2.08. The van der Waals surface area contributed by atoms with Crippen LogP contribution in [0.3, 0.4) is 0 Å². The van der Waals surface area contributed by atoms with E-state index in [1.807, 2.05) is 6.08 Å². The Balaban J connectivity index is 3.50. The van der Waals surface area contributed by atoms with Gasteiger partial charge in [-0.25, -0.2) is 0 Å². The lowest BCUT2D eigenvalue weighted by Gasteiger charge is -2.04. The molecule has 0 aliphatic carbocycles. The van der Waals surface area contributed by atoms with Crippen LogP contribution in [-0.4, -0.2) is 13.2 Å². The average molecular weight is 196 g/mol. The molecule has 0 aliphatic rings. The molecule has 0 fully saturated rings. The summed E-state index contributed by atoms with van der Waals surface area (Å²) in [6, 6.07) is 0. The van der Waals surface area contributed by atoms with Gasteiger partial charge >= 0.3 is 0 Å². The lowest BCUT2D eigenvalue weighted by atomic mass is 10.1. The van der Waals surface area contributed by atoms with Gasteiger partial charge in [-0.2, -0.15) is 0 Å². The SMILES string of the molecule is C=CC(C)CC/C=C(\C)COCCC. The third-order valence-electron chi connectivity index (χ3n) is 2.20. The van der Waals surface area contributed by atoms with E-state index < -0.39 is 0 Å². The Bertz CT molecular complexity index is 170. The minimum absolute atomic E-state index is 0.621. The first-order valence-corrected chi connectivity index (χ1v) is 5.56. The summed E-state index contributed by atoms with van der Waals surface area (Å²) in [6.45, 7) is 11.9. The van der Waals surface area contributed by atoms with Crippen LogP contribution in [0.4, 0.5) is 0 Å². The molecular weight excluding hydrogens is 172 g/mol. The molecule has 0 amide bonds. The highest BCUT2D eigenvalue weighted by atomic mass is 16.5. The molecule has 1 atom stereocenters. The molecule has 0 rings (SSSR count). The minimum Gasteiger partial charge on any atom is -0.377 e. The largest absolute Gasteiger partial charge is 0.377 e. The van der Waals surface area contributed by atoms with Crippen LogP contribution in [0, 0.1) is 5.92 Å². The number of rotatable bonds is 8. The molecular formula is C13H24O. The van der Waals surface area contributed by atoms with Gasteiger partial charge in [-0.05, 0) is 32.1 Å². The Labute approximate surface area is 88.9 Å². The molecule has 0 N–H and O–H groups in total. The molecule has 0 spiro atoms. The second-order valence-corrected chi connectivity index (χ2v) is 3.89. The summed E-state index contributed by atoms with van der Waals surface area (Å²) in [5.74, 6) is 0.621. The standard InChI is InChI=1S/C13H24O/c1-5-10-14-11-13(4)9-7-8-12(3)6-2/h6,9,12H,2,5,7-8,10-11H2,1,3-4H3/b13-9+. The van der Waals surface area contributed by atoms with E-state index >= 15 is 0 Å². The summed E-state index contributed by atoms with van der Waals surface area (Å²) in [5.41, 5.74) is 1.34. The van der Waals surface area contributed by atoms with Crippen molar-refractivity contribution in [3.8, 4) is 0 Å². The van der Waals surface area contributed by atoms with Crippen molar-refractivity contribution in [3.63, 3.8) is 0 Å². The number of ether oxygens (including phenoxy) is 1. The summed E-state index contributed by atoms with van der Waals surface area (Å²) in [7, 11) is 0. The Morgan fingerprint density at radius 2 is 2.21 bits per heavy atom. The van der Waals surface area contributed by atoms with Crippen LogP contribution >= 0.6 is 0 Å². The van der Waals surface area contributed by atoms with E-state index in [-0.39, 0.29) is 0 Å².